The van der Waals surface area contributed by atoms with E-state index >= 15 is 0 Å². The molecule has 0 unspecified atom stereocenters. The monoisotopic (exact) mass is 458 g/mol. The van der Waals surface area contributed by atoms with Gasteiger partial charge in [0.15, 0.2) is 5.82 Å². The highest BCUT2D eigenvalue weighted by molar-refractivity contribution is 5.76. The highest BCUT2D eigenvalue weighted by Gasteiger charge is 2.25. The molecule has 2 aromatic carbocycles. The Morgan fingerprint density at radius 2 is 1.65 bits per heavy atom. The minimum Gasteiger partial charge on any atom is -0.497 e. The number of ether oxygens (including phenoxy) is 1. The molecule has 2 heterocycles. The zero-order chi connectivity index (χ0) is 24.1. The van der Waals surface area contributed by atoms with Crippen molar-refractivity contribution in [2.45, 2.75) is 33.6 Å². The first-order valence-electron chi connectivity index (χ1n) is 12.0. The summed E-state index contributed by atoms with van der Waals surface area (Å²) >= 11 is 0. The predicted octanol–water partition coefficient (Wildman–Crippen LogP) is 4.75. The van der Waals surface area contributed by atoms with Gasteiger partial charge in [0.1, 0.15) is 11.6 Å². The van der Waals surface area contributed by atoms with Gasteiger partial charge in [-0.15, -0.1) is 0 Å². The van der Waals surface area contributed by atoms with Crippen LogP contribution in [0.5, 0.6) is 5.75 Å². The number of nitrogens with zero attached hydrogens (tertiary/aromatic N) is 4. The van der Waals surface area contributed by atoms with E-state index in [2.05, 4.69) is 37.8 Å². The third-order valence-electron chi connectivity index (χ3n) is 6.28. The second kappa shape index (κ2) is 10.7. The van der Waals surface area contributed by atoms with Gasteiger partial charge < -0.3 is 14.5 Å². The fourth-order valence-electron chi connectivity index (χ4n) is 4.36. The second-order valence-electron chi connectivity index (χ2n) is 9.29. The second-order valence-corrected chi connectivity index (χ2v) is 9.29. The molecule has 3 aromatic rings. The summed E-state index contributed by atoms with van der Waals surface area (Å²) in [5.74, 6) is 3.18. The molecule has 1 aromatic heterocycles. The van der Waals surface area contributed by atoms with Gasteiger partial charge in [0.05, 0.1) is 7.11 Å². The Morgan fingerprint density at radius 3 is 2.26 bits per heavy atom. The number of anilines is 1. The molecule has 0 bridgehead atoms. The molecule has 1 aliphatic heterocycles. The Morgan fingerprint density at radius 1 is 0.971 bits per heavy atom. The largest absolute Gasteiger partial charge is 0.497 e. The molecule has 178 valence electrons. The third kappa shape index (κ3) is 5.56. The number of carbonyl (C=O) groups excluding carboxylic acids is 1. The average Bonchev–Trinajstić information content (AvgIpc) is 2.86. The van der Waals surface area contributed by atoms with E-state index < -0.39 is 0 Å². The lowest BCUT2D eigenvalue weighted by Crippen LogP contribution is -2.49. The molecule has 0 atom stereocenters. The maximum atomic E-state index is 12.6. The summed E-state index contributed by atoms with van der Waals surface area (Å²) in [5.41, 5.74) is 4.31. The van der Waals surface area contributed by atoms with Crippen molar-refractivity contribution >= 4 is 11.7 Å². The molecule has 0 N–H and O–H groups in total. The van der Waals surface area contributed by atoms with Crippen LogP contribution < -0.4 is 9.64 Å². The molecule has 4 rings (SSSR count). The van der Waals surface area contributed by atoms with Crippen LogP contribution >= 0.6 is 0 Å². The van der Waals surface area contributed by atoms with Crippen molar-refractivity contribution in [1.29, 1.82) is 0 Å². The van der Waals surface area contributed by atoms with Crippen molar-refractivity contribution in [3.8, 4) is 17.1 Å². The van der Waals surface area contributed by atoms with Crippen LogP contribution in [0.1, 0.15) is 37.1 Å². The molecular formula is C28H34N4O2. The molecular weight excluding hydrogens is 424 g/mol. The van der Waals surface area contributed by atoms with Crippen LogP contribution in [0.15, 0.2) is 54.6 Å². The van der Waals surface area contributed by atoms with Gasteiger partial charge in [-0.2, -0.15) is 0 Å². The smallest absolute Gasteiger partial charge is 0.222 e. The van der Waals surface area contributed by atoms with Gasteiger partial charge in [0.25, 0.3) is 0 Å². The van der Waals surface area contributed by atoms with Gasteiger partial charge in [-0.1, -0.05) is 56.3 Å². The summed E-state index contributed by atoms with van der Waals surface area (Å²) in [4.78, 5) is 26.8. The minimum absolute atomic E-state index is 0.247. The molecule has 0 aliphatic carbocycles. The first-order chi connectivity index (χ1) is 16.4. The highest BCUT2D eigenvalue weighted by atomic mass is 16.5. The van der Waals surface area contributed by atoms with Crippen LogP contribution in [0.25, 0.3) is 11.4 Å². The van der Waals surface area contributed by atoms with Crippen LogP contribution in [0.4, 0.5) is 5.82 Å². The van der Waals surface area contributed by atoms with E-state index in [1.807, 2.05) is 47.4 Å². The van der Waals surface area contributed by atoms with Crippen LogP contribution in [0.2, 0.25) is 0 Å². The SMILES string of the molecule is COc1ccc(Cc2c(C)nc(-c3ccccc3)nc2N2CCN(C(=O)CC(C)C)CC2)cc1. The summed E-state index contributed by atoms with van der Waals surface area (Å²) in [7, 11) is 1.68. The molecule has 1 aliphatic rings. The number of piperazine rings is 1. The first kappa shape index (κ1) is 23.7. The average molecular weight is 459 g/mol. The molecule has 0 radical (unpaired) electrons. The van der Waals surface area contributed by atoms with Crippen molar-refractivity contribution in [2.24, 2.45) is 5.92 Å². The summed E-state index contributed by atoms with van der Waals surface area (Å²) in [5, 5.41) is 0. The van der Waals surface area contributed by atoms with Crippen molar-refractivity contribution in [3.63, 3.8) is 0 Å². The van der Waals surface area contributed by atoms with E-state index in [1.54, 1.807) is 7.11 Å². The first-order valence-corrected chi connectivity index (χ1v) is 12.0. The standard InChI is InChI=1S/C28H34N4O2/c1-20(2)18-26(33)31-14-16-32(17-15-31)28-25(19-22-10-12-24(34-4)13-11-22)21(3)29-27(30-28)23-8-6-5-7-9-23/h5-13,20H,14-19H2,1-4H3. The van der Waals surface area contributed by atoms with Gasteiger partial charge in [-0.05, 0) is 30.5 Å². The Hall–Kier alpha value is -3.41. The number of carbonyl (C=O) groups is 1. The van der Waals surface area contributed by atoms with Crippen molar-refractivity contribution in [1.82, 2.24) is 14.9 Å². The highest BCUT2D eigenvalue weighted by Crippen LogP contribution is 2.29. The van der Waals surface area contributed by atoms with Crippen molar-refractivity contribution in [2.75, 3.05) is 38.2 Å². The van der Waals surface area contributed by atoms with E-state index in [4.69, 9.17) is 14.7 Å². The van der Waals surface area contributed by atoms with E-state index in [0.29, 0.717) is 12.3 Å². The molecule has 6 nitrogen and oxygen atoms in total. The maximum Gasteiger partial charge on any atom is 0.222 e. The summed E-state index contributed by atoms with van der Waals surface area (Å²) in [6, 6.07) is 18.3. The number of methoxy groups -OCH3 is 1. The fraction of sp³-hybridized carbons (Fsp3) is 0.393. The number of hydrogen-bond acceptors (Lipinski definition) is 5. The van der Waals surface area contributed by atoms with Gasteiger partial charge >= 0.3 is 0 Å². The van der Waals surface area contributed by atoms with Crippen LogP contribution in [0, 0.1) is 12.8 Å². The Labute approximate surface area is 202 Å². The zero-order valence-corrected chi connectivity index (χ0v) is 20.6. The lowest BCUT2D eigenvalue weighted by molar-refractivity contribution is -0.132. The van der Waals surface area contributed by atoms with Gasteiger partial charge in [-0.25, -0.2) is 9.97 Å². The molecule has 0 saturated carbocycles. The summed E-state index contributed by atoms with van der Waals surface area (Å²) < 4.78 is 5.31. The topological polar surface area (TPSA) is 58.6 Å². The van der Waals surface area contributed by atoms with E-state index in [1.165, 1.54) is 5.56 Å². The number of aromatic nitrogens is 2. The quantitative estimate of drug-likeness (QED) is 0.512. The lowest BCUT2D eigenvalue weighted by Gasteiger charge is -2.37. The molecule has 1 amide bonds. The number of benzene rings is 2. The number of aryl methyl sites for hydroxylation is 1. The maximum absolute atomic E-state index is 12.6. The van der Waals surface area contributed by atoms with Crippen molar-refractivity contribution in [3.05, 3.63) is 71.4 Å². The number of rotatable bonds is 7. The Bertz CT molecular complexity index is 1110. The third-order valence-corrected chi connectivity index (χ3v) is 6.28. The lowest BCUT2D eigenvalue weighted by atomic mass is 10.0. The van der Waals surface area contributed by atoms with E-state index in [0.717, 1.165) is 66.8 Å². The van der Waals surface area contributed by atoms with Gasteiger partial charge in [0.2, 0.25) is 5.91 Å². The fourth-order valence-corrected chi connectivity index (χ4v) is 4.36. The Kier molecular flexibility index (Phi) is 7.46. The zero-order valence-electron chi connectivity index (χ0n) is 20.6. The molecule has 0 spiro atoms. The normalized spacial score (nSPS) is 13.9. The van der Waals surface area contributed by atoms with Crippen LogP contribution in [0.3, 0.4) is 0 Å². The predicted molar refractivity (Wildman–Crippen MR) is 136 cm³/mol. The van der Waals surface area contributed by atoms with E-state index in [9.17, 15) is 4.79 Å². The Balaban J connectivity index is 1.64. The molecule has 6 heteroatoms. The van der Waals surface area contributed by atoms with Gasteiger partial charge in [0, 0.05) is 55.8 Å². The number of amides is 1. The van der Waals surface area contributed by atoms with Crippen LogP contribution in [-0.4, -0.2) is 54.1 Å². The van der Waals surface area contributed by atoms with Gasteiger partial charge in [-0.3, -0.25) is 4.79 Å². The molecule has 34 heavy (non-hydrogen) atoms. The summed E-state index contributed by atoms with van der Waals surface area (Å²) in [6.07, 6.45) is 1.35. The number of hydrogen-bond donors (Lipinski definition) is 0. The van der Waals surface area contributed by atoms with E-state index in [-0.39, 0.29) is 5.91 Å². The molecule has 1 saturated heterocycles. The summed E-state index contributed by atoms with van der Waals surface area (Å²) in [6.45, 7) is 9.23. The van der Waals surface area contributed by atoms with Crippen LogP contribution in [-0.2, 0) is 11.2 Å². The van der Waals surface area contributed by atoms with Crippen molar-refractivity contribution < 1.29 is 9.53 Å². The molecule has 1 fully saturated rings. The minimum atomic E-state index is 0.247.